The number of hydrogen-bond donors (Lipinski definition) is 1. The maximum atomic E-state index is 10.5. The molecule has 1 aromatic carbocycles. The Kier molecular flexibility index (Phi) is 3.67. The maximum Gasteiger partial charge on any atom is 0.162 e. The van der Waals surface area contributed by atoms with Gasteiger partial charge in [-0.25, -0.2) is 0 Å². The molecule has 0 fully saturated rings. The number of ether oxygens (including phenoxy) is 1. The number of hydrogen-bond acceptors (Lipinski definition) is 3. The fourth-order valence-corrected chi connectivity index (χ4v) is 2.10. The lowest BCUT2D eigenvalue weighted by Crippen LogP contribution is -2.13. The normalized spacial score (nSPS) is 14.2. The fraction of sp³-hybridized carbons (Fsp3) is 0.357. The Morgan fingerprint density at radius 2 is 1.94 bits per heavy atom. The van der Waals surface area contributed by atoms with E-state index in [4.69, 9.17) is 4.74 Å². The first-order valence-corrected chi connectivity index (χ1v) is 5.94. The highest BCUT2D eigenvalue weighted by Crippen LogP contribution is 2.34. The van der Waals surface area contributed by atoms with E-state index >= 15 is 0 Å². The van der Waals surface area contributed by atoms with Gasteiger partial charge in [-0.1, -0.05) is 37.3 Å². The highest BCUT2D eigenvalue weighted by Gasteiger charge is 2.24. The van der Waals surface area contributed by atoms with Crippen LogP contribution in [0.25, 0.3) is 0 Å². The van der Waals surface area contributed by atoms with Crippen molar-refractivity contribution in [2.45, 2.75) is 18.9 Å². The summed E-state index contributed by atoms with van der Waals surface area (Å²) in [5.74, 6) is 0.600. The first-order valence-electron chi connectivity index (χ1n) is 5.94. The van der Waals surface area contributed by atoms with Crippen LogP contribution in [0.4, 0.5) is 0 Å². The van der Waals surface area contributed by atoms with E-state index in [0.717, 1.165) is 5.56 Å². The van der Waals surface area contributed by atoms with Crippen LogP contribution >= 0.6 is 0 Å². The molecule has 0 aliphatic heterocycles. The van der Waals surface area contributed by atoms with Crippen molar-refractivity contribution in [3.8, 4) is 5.75 Å². The van der Waals surface area contributed by atoms with Crippen LogP contribution in [0.1, 0.15) is 30.2 Å². The number of aliphatic hydroxyl groups is 1. The molecule has 2 atom stereocenters. The summed E-state index contributed by atoms with van der Waals surface area (Å²) < 4.78 is 6.89. The largest absolute Gasteiger partial charge is 0.493 e. The number of rotatable bonds is 4. The molecular formula is C14H18N2O2. The van der Waals surface area contributed by atoms with Crippen molar-refractivity contribution in [2.24, 2.45) is 7.05 Å². The number of methoxy groups -OCH3 is 1. The van der Waals surface area contributed by atoms with E-state index < -0.39 is 6.10 Å². The summed E-state index contributed by atoms with van der Waals surface area (Å²) in [7, 11) is 3.39. The van der Waals surface area contributed by atoms with E-state index in [0.29, 0.717) is 11.4 Å². The van der Waals surface area contributed by atoms with E-state index in [1.54, 1.807) is 25.0 Å². The third-order valence-corrected chi connectivity index (χ3v) is 3.25. The van der Waals surface area contributed by atoms with Crippen molar-refractivity contribution >= 4 is 0 Å². The number of aromatic nitrogens is 2. The fourth-order valence-electron chi connectivity index (χ4n) is 2.10. The monoisotopic (exact) mass is 246 g/mol. The molecule has 2 rings (SSSR count). The Bertz CT molecular complexity index is 508. The zero-order chi connectivity index (χ0) is 13.1. The van der Waals surface area contributed by atoms with E-state index in [2.05, 4.69) is 5.10 Å². The quantitative estimate of drug-likeness (QED) is 0.900. The van der Waals surface area contributed by atoms with Crippen molar-refractivity contribution in [1.82, 2.24) is 9.78 Å². The molecular weight excluding hydrogens is 228 g/mol. The molecule has 0 radical (unpaired) electrons. The van der Waals surface area contributed by atoms with Gasteiger partial charge in [0.2, 0.25) is 0 Å². The Balaban J connectivity index is 2.31. The number of aryl methyl sites for hydroxylation is 1. The molecule has 0 aliphatic rings. The van der Waals surface area contributed by atoms with Crippen LogP contribution in [0.15, 0.2) is 36.5 Å². The van der Waals surface area contributed by atoms with Gasteiger partial charge in [-0.15, -0.1) is 0 Å². The minimum absolute atomic E-state index is 0.0181. The van der Waals surface area contributed by atoms with Gasteiger partial charge in [0.1, 0.15) is 11.8 Å². The van der Waals surface area contributed by atoms with Gasteiger partial charge >= 0.3 is 0 Å². The number of nitrogens with zero attached hydrogens (tertiary/aromatic N) is 2. The van der Waals surface area contributed by atoms with E-state index in [1.165, 1.54) is 0 Å². The third-order valence-electron chi connectivity index (χ3n) is 3.25. The van der Waals surface area contributed by atoms with Crippen LogP contribution in [0.3, 0.4) is 0 Å². The van der Waals surface area contributed by atoms with E-state index in [9.17, 15) is 5.11 Å². The average molecular weight is 246 g/mol. The zero-order valence-corrected chi connectivity index (χ0v) is 10.9. The van der Waals surface area contributed by atoms with E-state index in [1.807, 2.05) is 37.3 Å². The van der Waals surface area contributed by atoms with Crippen LogP contribution < -0.4 is 4.74 Å². The summed E-state index contributed by atoms with van der Waals surface area (Å²) in [5, 5.41) is 14.6. The lowest BCUT2D eigenvalue weighted by Gasteiger charge is -2.20. The summed E-state index contributed by atoms with van der Waals surface area (Å²) in [4.78, 5) is 0. The van der Waals surface area contributed by atoms with Gasteiger partial charge in [-0.05, 0) is 5.56 Å². The minimum atomic E-state index is -0.644. The SMILES string of the molecule is COc1cnn(C)c1C(O)C(C)c1ccccc1. The topological polar surface area (TPSA) is 47.3 Å². The Labute approximate surface area is 107 Å². The van der Waals surface area contributed by atoms with Crippen LogP contribution in [-0.2, 0) is 7.05 Å². The summed E-state index contributed by atoms with van der Waals surface area (Å²) in [5.41, 5.74) is 1.79. The summed E-state index contributed by atoms with van der Waals surface area (Å²) in [6.07, 6.45) is 0.978. The van der Waals surface area contributed by atoms with Crippen molar-refractivity contribution in [3.63, 3.8) is 0 Å². The second-order valence-corrected chi connectivity index (χ2v) is 4.37. The van der Waals surface area contributed by atoms with Crippen LogP contribution in [0.2, 0.25) is 0 Å². The van der Waals surface area contributed by atoms with Crippen molar-refractivity contribution in [3.05, 3.63) is 47.8 Å². The molecule has 4 heteroatoms. The van der Waals surface area contributed by atoms with Gasteiger partial charge in [0.15, 0.2) is 5.75 Å². The Morgan fingerprint density at radius 3 is 2.56 bits per heavy atom. The predicted octanol–water partition coefficient (Wildman–Crippen LogP) is 2.27. The third kappa shape index (κ3) is 2.24. The number of benzene rings is 1. The molecule has 2 aromatic rings. The highest BCUT2D eigenvalue weighted by atomic mass is 16.5. The Morgan fingerprint density at radius 1 is 1.28 bits per heavy atom. The van der Waals surface area contributed by atoms with Gasteiger partial charge in [-0.3, -0.25) is 4.68 Å². The minimum Gasteiger partial charge on any atom is -0.493 e. The van der Waals surface area contributed by atoms with Gasteiger partial charge in [0, 0.05) is 13.0 Å². The molecule has 0 amide bonds. The van der Waals surface area contributed by atoms with Gasteiger partial charge in [-0.2, -0.15) is 5.10 Å². The van der Waals surface area contributed by atoms with Gasteiger partial charge < -0.3 is 9.84 Å². The highest BCUT2D eigenvalue weighted by molar-refractivity contribution is 5.31. The molecule has 1 heterocycles. The molecule has 0 aliphatic carbocycles. The second kappa shape index (κ2) is 5.23. The first kappa shape index (κ1) is 12.6. The molecule has 0 saturated heterocycles. The van der Waals surface area contributed by atoms with Crippen LogP contribution in [0.5, 0.6) is 5.75 Å². The lowest BCUT2D eigenvalue weighted by atomic mass is 9.93. The molecule has 2 unspecified atom stereocenters. The van der Waals surface area contributed by atoms with Crippen LogP contribution in [0, 0.1) is 0 Å². The molecule has 0 spiro atoms. The standard InChI is InChI=1S/C14H18N2O2/c1-10(11-7-5-4-6-8-11)14(17)13-12(18-3)9-15-16(13)2/h4-10,14,17H,1-3H3. The smallest absolute Gasteiger partial charge is 0.162 e. The van der Waals surface area contributed by atoms with Crippen molar-refractivity contribution < 1.29 is 9.84 Å². The summed E-state index contributed by atoms with van der Waals surface area (Å²) in [6, 6.07) is 9.93. The van der Waals surface area contributed by atoms with Gasteiger partial charge in [0.25, 0.3) is 0 Å². The zero-order valence-electron chi connectivity index (χ0n) is 10.9. The Hall–Kier alpha value is -1.81. The lowest BCUT2D eigenvalue weighted by molar-refractivity contribution is 0.138. The predicted molar refractivity (Wildman–Crippen MR) is 69.6 cm³/mol. The molecule has 96 valence electrons. The van der Waals surface area contributed by atoms with Crippen molar-refractivity contribution in [2.75, 3.05) is 7.11 Å². The van der Waals surface area contributed by atoms with E-state index in [-0.39, 0.29) is 5.92 Å². The first-order chi connectivity index (χ1) is 8.65. The molecule has 1 aromatic heterocycles. The summed E-state index contributed by atoms with van der Waals surface area (Å²) >= 11 is 0. The average Bonchev–Trinajstić information content (AvgIpc) is 2.79. The van der Waals surface area contributed by atoms with Gasteiger partial charge in [0.05, 0.1) is 13.3 Å². The second-order valence-electron chi connectivity index (χ2n) is 4.37. The molecule has 4 nitrogen and oxygen atoms in total. The molecule has 18 heavy (non-hydrogen) atoms. The maximum absolute atomic E-state index is 10.5. The number of aliphatic hydroxyl groups excluding tert-OH is 1. The molecule has 0 bridgehead atoms. The van der Waals surface area contributed by atoms with Crippen LogP contribution in [-0.4, -0.2) is 22.0 Å². The molecule has 0 saturated carbocycles. The van der Waals surface area contributed by atoms with Crippen molar-refractivity contribution in [1.29, 1.82) is 0 Å². The molecule has 1 N–H and O–H groups in total. The summed E-state index contributed by atoms with van der Waals surface area (Å²) in [6.45, 7) is 1.99.